The molecule has 3 nitrogen and oxygen atoms in total. The molecule has 1 heterocycles. The van der Waals surface area contributed by atoms with Gasteiger partial charge in [0.25, 0.3) is 0 Å². The van der Waals surface area contributed by atoms with Crippen LogP contribution < -0.4 is 5.32 Å². The third-order valence-electron chi connectivity index (χ3n) is 4.31. The van der Waals surface area contributed by atoms with Crippen molar-refractivity contribution in [3.63, 3.8) is 0 Å². The predicted octanol–water partition coefficient (Wildman–Crippen LogP) is 4.61. The molecule has 1 aliphatic rings. The molecular weight excluding hydrogens is 478 g/mol. The normalized spacial score (nSPS) is 14.6. The zero-order valence-corrected chi connectivity index (χ0v) is 18.5. The summed E-state index contributed by atoms with van der Waals surface area (Å²) in [5.74, 6) is 0.669. The molecule has 1 N–H and O–H groups in total. The molecule has 0 atom stereocenters. The molecule has 0 radical (unpaired) electrons. The number of anilines is 1. The van der Waals surface area contributed by atoms with Crippen LogP contribution >= 0.6 is 0 Å². The molecule has 1 aromatic rings. The first-order valence-corrected chi connectivity index (χ1v) is 10.2. The number of hydrogen-bond donors (Lipinski definition) is 1. The molecule has 0 bridgehead atoms. The van der Waals surface area contributed by atoms with Crippen molar-refractivity contribution in [2.24, 2.45) is 4.99 Å². The number of benzene rings is 1. The fraction of sp³-hybridized carbons (Fsp3) is 0.333. The molecule has 0 unspecified atom stereocenters. The molecule has 1 aromatic carbocycles. The number of hydrogen-bond acceptors (Lipinski definition) is 3. The number of aliphatic imine (C=N–C) groups is 1. The summed E-state index contributed by atoms with van der Waals surface area (Å²) >= 11 is 1.50. The Morgan fingerprint density at radius 3 is 2.48 bits per heavy atom. The number of allylic oxidation sites excluding steroid dienone is 2. The summed E-state index contributed by atoms with van der Waals surface area (Å²) < 4.78 is 2.29. The third kappa shape index (κ3) is 5.64. The number of aryl methyl sites for hydroxylation is 1. The van der Waals surface area contributed by atoms with E-state index in [2.05, 4.69) is 66.0 Å². The molecule has 0 spiro atoms. The zero-order valence-electron chi connectivity index (χ0n) is 15.6. The van der Waals surface area contributed by atoms with Crippen LogP contribution in [0.25, 0.3) is 0 Å². The van der Waals surface area contributed by atoms with E-state index in [0.717, 1.165) is 25.2 Å². The monoisotopic (exact) mass is 505 g/mol. The Kier molecular flexibility index (Phi) is 7.13. The topological polar surface area (TPSA) is 27.6 Å². The van der Waals surface area contributed by atoms with Gasteiger partial charge >= 0.3 is 138 Å². The van der Waals surface area contributed by atoms with Crippen LogP contribution in [0.4, 0.5) is 5.69 Å². The molecular formula is C21H27N3W. The van der Waals surface area contributed by atoms with Crippen molar-refractivity contribution >= 4 is 16.3 Å². The summed E-state index contributed by atoms with van der Waals surface area (Å²) in [6.45, 7) is 14.7. The molecule has 25 heavy (non-hydrogen) atoms. The number of rotatable bonds is 6. The summed E-state index contributed by atoms with van der Waals surface area (Å²) in [6, 6.07) is 8.25. The van der Waals surface area contributed by atoms with Crippen LogP contribution in [0.3, 0.4) is 0 Å². The molecule has 0 saturated heterocycles. The molecule has 0 saturated carbocycles. The Bertz CT molecular complexity index is 735. The summed E-state index contributed by atoms with van der Waals surface area (Å²) in [7, 11) is 0. The second-order valence-electron chi connectivity index (χ2n) is 6.68. The van der Waals surface area contributed by atoms with Crippen LogP contribution in [0, 0.1) is 6.92 Å². The molecule has 2 rings (SSSR count). The minimum Gasteiger partial charge on any atom is -0.0573 e. The van der Waals surface area contributed by atoms with E-state index < -0.39 is 0 Å². The Balaban J connectivity index is 2.01. The second-order valence-corrected chi connectivity index (χ2v) is 7.52. The molecule has 132 valence electrons. The molecule has 0 fully saturated rings. The van der Waals surface area contributed by atoms with Crippen LogP contribution in [-0.2, 0) is 19.4 Å². The van der Waals surface area contributed by atoms with Crippen LogP contribution in [0.2, 0.25) is 0 Å². The quantitative estimate of drug-likeness (QED) is 0.572. The zero-order chi connectivity index (χ0) is 18.4. The van der Waals surface area contributed by atoms with Crippen molar-refractivity contribution in [1.82, 2.24) is 4.90 Å². The first-order chi connectivity index (χ1) is 11.9. The third-order valence-corrected chi connectivity index (χ3v) is 5.11. The number of nitrogens with one attached hydrogen (secondary N) is 1. The SMILES string of the molecule is C=C(/N=C\C1=C(C)CN(C([CH]=[W])=C(C)C)CC1)Nc1ccc(C)cc1. The van der Waals surface area contributed by atoms with Crippen molar-refractivity contribution in [3.05, 3.63) is 64.6 Å². The van der Waals surface area contributed by atoms with Gasteiger partial charge in [0.15, 0.2) is 0 Å². The fourth-order valence-electron chi connectivity index (χ4n) is 2.82. The summed E-state index contributed by atoms with van der Waals surface area (Å²) in [4.78, 5) is 6.99. The van der Waals surface area contributed by atoms with Crippen LogP contribution in [0.1, 0.15) is 32.8 Å². The van der Waals surface area contributed by atoms with Gasteiger partial charge in [-0.05, 0) is 6.92 Å². The van der Waals surface area contributed by atoms with E-state index in [9.17, 15) is 0 Å². The Hall–Kier alpha value is -1.73. The Morgan fingerprint density at radius 1 is 1.24 bits per heavy atom. The van der Waals surface area contributed by atoms with Gasteiger partial charge in [0.05, 0.1) is 0 Å². The van der Waals surface area contributed by atoms with Crippen molar-refractivity contribution in [1.29, 1.82) is 0 Å². The van der Waals surface area contributed by atoms with E-state index in [1.807, 2.05) is 18.3 Å². The molecule has 0 aliphatic carbocycles. The summed E-state index contributed by atoms with van der Waals surface area (Å²) in [6.07, 6.45) is 2.99. The molecule has 4 heteroatoms. The van der Waals surface area contributed by atoms with Crippen LogP contribution in [-0.4, -0.2) is 28.6 Å². The summed E-state index contributed by atoms with van der Waals surface area (Å²) in [5.41, 5.74) is 7.73. The smallest absolute Gasteiger partial charge is 0.0573 e. The van der Waals surface area contributed by atoms with E-state index in [4.69, 9.17) is 0 Å². The molecule has 0 aromatic heterocycles. The van der Waals surface area contributed by atoms with Crippen LogP contribution in [0.5, 0.6) is 0 Å². The van der Waals surface area contributed by atoms with Gasteiger partial charge in [-0.1, -0.05) is 17.7 Å². The average molecular weight is 505 g/mol. The van der Waals surface area contributed by atoms with Crippen molar-refractivity contribution in [3.8, 4) is 0 Å². The van der Waals surface area contributed by atoms with E-state index in [1.54, 1.807) is 0 Å². The minimum absolute atomic E-state index is 0.669. The fourth-order valence-corrected chi connectivity index (χ4v) is 4.20. The first kappa shape index (κ1) is 19.6. The van der Waals surface area contributed by atoms with Gasteiger partial charge in [0, 0.05) is 0 Å². The van der Waals surface area contributed by atoms with E-state index in [1.165, 1.54) is 47.3 Å². The molecule has 1 aliphatic heterocycles. The summed E-state index contributed by atoms with van der Waals surface area (Å²) in [5, 5.41) is 3.24. The number of nitrogens with zero attached hydrogens (tertiary/aromatic N) is 2. The molecule has 0 amide bonds. The van der Waals surface area contributed by atoms with Crippen molar-refractivity contribution in [2.75, 3.05) is 18.4 Å². The Labute approximate surface area is 162 Å². The average Bonchev–Trinajstić information content (AvgIpc) is 2.56. The maximum absolute atomic E-state index is 4.52. The van der Waals surface area contributed by atoms with Gasteiger partial charge in [-0.3, -0.25) is 0 Å². The van der Waals surface area contributed by atoms with E-state index in [0.29, 0.717) is 5.82 Å². The van der Waals surface area contributed by atoms with Gasteiger partial charge in [0.1, 0.15) is 0 Å². The van der Waals surface area contributed by atoms with Crippen molar-refractivity contribution in [2.45, 2.75) is 34.1 Å². The van der Waals surface area contributed by atoms with Crippen LogP contribution in [0.15, 0.2) is 64.1 Å². The van der Waals surface area contributed by atoms with Gasteiger partial charge in [-0.25, -0.2) is 0 Å². The van der Waals surface area contributed by atoms with Gasteiger partial charge in [0.2, 0.25) is 0 Å². The predicted molar refractivity (Wildman–Crippen MR) is 106 cm³/mol. The maximum atomic E-state index is 4.52. The van der Waals surface area contributed by atoms with Gasteiger partial charge in [-0.2, -0.15) is 0 Å². The van der Waals surface area contributed by atoms with Gasteiger partial charge < -0.3 is 0 Å². The van der Waals surface area contributed by atoms with E-state index >= 15 is 0 Å². The standard InChI is InChI=1S/C21H27N3.W/c1-15(2)18(5)24-12-11-20(17(4)14-24)13-22-19(6)23-21-9-7-16(3)8-10-21;/h5,7-10,13,23H,6,11-12,14H2,1-4H3;/b22-13-;. The van der Waals surface area contributed by atoms with E-state index in [-0.39, 0.29) is 0 Å². The van der Waals surface area contributed by atoms with Crippen molar-refractivity contribution < 1.29 is 19.4 Å². The minimum atomic E-state index is 0.669. The Morgan fingerprint density at radius 2 is 1.92 bits per heavy atom. The second kappa shape index (κ2) is 9.10. The first-order valence-electron chi connectivity index (χ1n) is 8.53. The van der Waals surface area contributed by atoms with Gasteiger partial charge in [-0.15, -0.1) is 0 Å².